The lowest BCUT2D eigenvalue weighted by Gasteiger charge is -2.20. The predicted molar refractivity (Wildman–Crippen MR) is 161 cm³/mol. The Morgan fingerprint density at radius 3 is 1.59 bits per heavy atom. The van der Waals surface area contributed by atoms with Crippen LogP contribution >= 0.6 is 47.3 Å². The van der Waals surface area contributed by atoms with Crippen LogP contribution in [0.3, 0.4) is 0 Å². The molecule has 2 saturated carbocycles. The fourth-order valence-electron chi connectivity index (χ4n) is 5.92. The van der Waals surface area contributed by atoms with E-state index in [0.717, 1.165) is 44.3 Å². The molecular formula is C27H32BBr3N2O6. The minimum Gasteiger partial charge on any atom is -0.508 e. The van der Waals surface area contributed by atoms with E-state index in [9.17, 15) is 14.7 Å². The van der Waals surface area contributed by atoms with E-state index in [4.69, 9.17) is 14.2 Å². The molecule has 2 heterocycles. The number of hydrogen-bond donors (Lipinski definition) is 3. The molecule has 8 nitrogen and oxygen atoms in total. The molecule has 2 aromatic rings. The third kappa shape index (κ3) is 8.07. The van der Waals surface area contributed by atoms with Crippen LogP contribution in [0.15, 0.2) is 48.5 Å². The summed E-state index contributed by atoms with van der Waals surface area (Å²) < 4.78 is 15.5. The van der Waals surface area contributed by atoms with Gasteiger partial charge in [0.15, 0.2) is 0 Å². The second-order valence-corrected chi connectivity index (χ2v) is 16.9. The Bertz CT molecular complexity index is 1140. The van der Waals surface area contributed by atoms with Crippen molar-refractivity contribution in [2.45, 2.75) is 61.4 Å². The number of aromatic hydroxyl groups is 1. The summed E-state index contributed by atoms with van der Waals surface area (Å²) >= 11 is 9.31. The molecule has 4 aliphatic rings. The highest BCUT2D eigenvalue weighted by Crippen LogP contribution is 2.44. The number of carbonyl (C=O) groups excluding carboxylic acids is 2. The van der Waals surface area contributed by atoms with Gasteiger partial charge < -0.3 is 30.0 Å². The molecule has 4 fully saturated rings. The fourth-order valence-corrected chi connectivity index (χ4v) is 5.92. The van der Waals surface area contributed by atoms with E-state index in [1.807, 2.05) is 24.3 Å². The quantitative estimate of drug-likeness (QED) is 0.303. The minimum absolute atomic E-state index is 0.123. The number of alkyl carbamates (subject to hydrolysis) is 2. The first-order valence-electron chi connectivity index (χ1n) is 12.9. The fraction of sp³-hybridized carbons (Fsp3) is 0.481. The van der Waals surface area contributed by atoms with E-state index in [1.165, 1.54) is 11.1 Å². The molecule has 2 saturated heterocycles. The highest BCUT2D eigenvalue weighted by atomic mass is 79.9. The summed E-state index contributed by atoms with van der Waals surface area (Å²) in [6, 6.07) is 15.5. The van der Waals surface area contributed by atoms with Gasteiger partial charge in [0.1, 0.15) is 24.7 Å². The lowest BCUT2D eigenvalue weighted by molar-refractivity contribution is 0.171. The van der Waals surface area contributed by atoms with Crippen molar-refractivity contribution in [3.8, 4) is 11.5 Å². The van der Waals surface area contributed by atoms with E-state index in [1.54, 1.807) is 19.2 Å². The molecule has 2 spiro atoms. The van der Waals surface area contributed by atoms with Crippen LogP contribution in [0.4, 0.5) is 9.59 Å². The molecule has 12 heteroatoms. The van der Waals surface area contributed by atoms with E-state index < -0.39 is 0 Å². The smallest absolute Gasteiger partial charge is 0.407 e. The molecule has 0 radical (unpaired) electrons. The van der Waals surface area contributed by atoms with Crippen LogP contribution in [0.25, 0.3) is 0 Å². The van der Waals surface area contributed by atoms with Gasteiger partial charge in [-0.05, 0) is 85.8 Å². The van der Waals surface area contributed by atoms with Crippen molar-refractivity contribution in [2.75, 3.05) is 20.3 Å². The first-order valence-corrected chi connectivity index (χ1v) is 15.6. The predicted octanol–water partition coefficient (Wildman–Crippen LogP) is 6.74. The van der Waals surface area contributed by atoms with E-state index in [-0.39, 0.29) is 26.4 Å². The zero-order valence-electron chi connectivity index (χ0n) is 21.6. The van der Waals surface area contributed by atoms with Crippen molar-refractivity contribution in [3.05, 3.63) is 59.7 Å². The van der Waals surface area contributed by atoms with Crippen molar-refractivity contribution < 1.29 is 28.9 Å². The van der Waals surface area contributed by atoms with Gasteiger partial charge in [-0.2, -0.15) is 0 Å². The number of phenolic OH excluding ortho intramolecular Hbond substituents is 1. The Kier molecular flexibility index (Phi) is 10.1. The van der Waals surface area contributed by atoms with Crippen molar-refractivity contribution in [3.63, 3.8) is 0 Å². The number of rotatable bonds is 3. The average molecular weight is 731 g/mol. The molecule has 2 amide bonds. The Labute approximate surface area is 253 Å². The number of benzene rings is 2. The number of cyclic esters (lactones) is 2. The molecule has 4 atom stereocenters. The first kappa shape index (κ1) is 30.1. The lowest BCUT2D eigenvalue weighted by Crippen LogP contribution is -2.40. The van der Waals surface area contributed by atoms with E-state index >= 15 is 0 Å². The van der Waals surface area contributed by atoms with Gasteiger partial charge in [0.25, 0.3) is 0 Å². The van der Waals surface area contributed by atoms with E-state index in [0.29, 0.717) is 30.8 Å². The zero-order chi connectivity index (χ0) is 28.0. The third-order valence-corrected chi connectivity index (χ3v) is 7.86. The number of ether oxygens (including phenoxy) is 3. The standard InChI is InChI=1S/C14H17NO3.C13H15NO3.BBr3/c1-17-12-4-2-10(3-5-12)11-6-7-14(8-11)9-18-13(16)15-14;15-11-3-1-9(2-4-11)10-5-6-13(7-10)8-17-12(16)14-13;2-1(3)4/h2-5,11H,6-9H2,1H3,(H,15,16);1-4,10,15H,5-8H2,(H,14,16);/t11-,14-;10-,13-;/m11./s1. The largest absolute Gasteiger partial charge is 0.508 e. The van der Waals surface area contributed by atoms with Crippen molar-refractivity contribution in [1.82, 2.24) is 10.6 Å². The summed E-state index contributed by atoms with van der Waals surface area (Å²) in [5.41, 5.74) is 2.26. The van der Waals surface area contributed by atoms with Crippen LogP contribution < -0.4 is 15.4 Å². The van der Waals surface area contributed by atoms with Crippen LogP contribution in [0.5, 0.6) is 11.5 Å². The molecule has 2 aliphatic carbocycles. The van der Waals surface area contributed by atoms with Gasteiger partial charge in [-0.15, -0.1) is 47.3 Å². The second-order valence-electron chi connectivity index (χ2n) is 10.5. The highest BCUT2D eigenvalue weighted by Gasteiger charge is 2.46. The van der Waals surface area contributed by atoms with Gasteiger partial charge in [0, 0.05) is 0 Å². The Morgan fingerprint density at radius 1 is 0.821 bits per heavy atom. The number of nitrogens with one attached hydrogen (secondary N) is 2. The van der Waals surface area contributed by atoms with Crippen LogP contribution in [0, 0.1) is 0 Å². The minimum atomic E-state index is -0.295. The summed E-state index contributed by atoms with van der Waals surface area (Å²) in [5.74, 6) is 2.11. The molecular weight excluding hydrogens is 699 g/mol. The molecule has 2 aromatic carbocycles. The molecule has 0 bridgehead atoms. The van der Waals surface area contributed by atoms with Gasteiger partial charge >= 0.3 is 15.4 Å². The maximum Gasteiger partial charge on any atom is 0.407 e. The number of carbonyl (C=O) groups is 2. The van der Waals surface area contributed by atoms with Crippen LogP contribution in [0.1, 0.15) is 61.5 Å². The maximum atomic E-state index is 11.2. The summed E-state index contributed by atoms with van der Waals surface area (Å²) in [6.45, 7) is 0.999. The molecule has 0 unspecified atom stereocenters. The van der Waals surface area contributed by atoms with Crippen molar-refractivity contribution in [2.24, 2.45) is 0 Å². The summed E-state index contributed by atoms with van der Waals surface area (Å²) in [7, 11) is 1.67. The van der Waals surface area contributed by atoms with Crippen molar-refractivity contribution >= 4 is 62.6 Å². The van der Waals surface area contributed by atoms with Gasteiger partial charge in [0.2, 0.25) is 0 Å². The monoisotopic (exact) mass is 728 g/mol. The Balaban J connectivity index is 0.000000160. The van der Waals surface area contributed by atoms with Crippen LogP contribution in [0.2, 0.25) is 0 Å². The molecule has 210 valence electrons. The van der Waals surface area contributed by atoms with E-state index in [2.05, 4.69) is 70.0 Å². The molecule has 0 aromatic heterocycles. The SMILES string of the molecule is BrB(Br)Br.COc1ccc([C@@H]2CC[C@]3(COC(=O)N3)C2)cc1.O=C1N[C@@]2(CC[C@@H](c3ccc(O)cc3)C2)CO1. The average Bonchev–Trinajstić information content (AvgIpc) is 3.69. The van der Waals surface area contributed by atoms with Crippen LogP contribution in [-0.2, 0) is 9.47 Å². The third-order valence-electron chi connectivity index (χ3n) is 7.86. The summed E-state index contributed by atoms with van der Waals surface area (Å²) in [4.78, 5) is 22.3. The molecule has 39 heavy (non-hydrogen) atoms. The number of amides is 2. The first-order chi connectivity index (χ1) is 18.6. The molecule has 2 aliphatic heterocycles. The summed E-state index contributed by atoms with van der Waals surface area (Å²) in [5, 5.41) is 15.2. The number of halogens is 3. The number of methoxy groups -OCH3 is 1. The van der Waals surface area contributed by atoms with Crippen LogP contribution in [-0.4, -0.2) is 51.9 Å². The van der Waals surface area contributed by atoms with Gasteiger partial charge in [-0.1, -0.05) is 24.3 Å². The topological polar surface area (TPSA) is 106 Å². The molecule has 6 rings (SSSR count). The van der Waals surface area contributed by atoms with Gasteiger partial charge in [-0.3, -0.25) is 0 Å². The highest BCUT2D eigenvalue weighted by molar-refractivity contribution is 9.69. The second kappa shape index (κ2) is 13.2. The zero-order valence-corrected chi connectivity index (χ0v) is 26.4. The Hall–Kier alpha value is -1.92. The summed E-state index contributed by atoms with van der Waals surface area (Å²) in [6.07, 6.45) is 5.42. The normalized spacial score (nSPS) is 28.4. The Morgan fingerprint density at radius 2 is 1.23 bits per heavy atom. The number of phenols is 1. The molecule has 3 N–H and O–H groups in total. The maximum absolute atomic E-state index is 11.2. The van der Waals surface area contributed by atoms with Crippen molar-refractivity contribution in [1.29, 1.82) is 0 Å². The van der Waals surface area contributed by atoms with Gasteiger partial charge in [-0.25, -0.2) is 9.59 Å². The lowest BCUT2D eigenvalue weighted by atomic mass is 9.93. The van der Waals surface area contributed by atoms with Gasteiger partial charge in [0.05, 0.1) is 18.2 Å². The number of hydrogen-bond acceptors (Lipinski definition) is 6.